The number of fused-ring (bicyclic) bond motifs is 1. The SMILES string of the molecule is CC(c1ccc(F)cc1Br)N1CCc2c(N)cccc2C1. The molecule has 0 spiro atoms. The van der Waals surface area contributed by atoms with Gasteiger partial charge >= 0.3 is 0 Å². The van der Waals surface area contributed by atoms with Crippen molar-refractivity contribution >= 4 is 21.6 Å². The second-order valence-corrected chi connectivity index (χ2v) is 6.40. The average molecular weight is 349 g/mol. The Bertz CT molecular complexity index is 672. The van der Waals surface area contributed by atoms with E-state index in [0.717, 1.165) is 35.2 Å². The van der Waals surface area contributed by atoms with Crippen molar-refractivity contribution in [1.29, 1.82) is 0 Å². The van der Waals surface area contributed by atoms with Gasteiger partial charge in [0.1, 0.15) is 5.82 Å². The summed E-state index contributed by atoms with van der Waals surface area (Å²) in [5, 5.41) is 0. The van der Waals surface area contributed by atoms with Crippen molar-refractivity contribution in [1.82, 2.24) is 4.90 Å². The van der Waals surface area contributed by atoms with Crippen LogP contribution in [0.1, 0.15) is 29.7 Å². The minimum absolute atomic E-state index is 0.213. The summed E-state index contributed by atoms with van der Waals surface area (Å²) in [6.45, 7) is 4.01. The van der Waals surface area contributed by atoms with E-state index in [1.165, 1.54) is 23.3 Å². The van der Waals surface area contributed by atoms with Gasteiger partial charge in [-0.1, -0.05) is 34.1 Å². The fourth-order valence-corrected chi connectivity index (χ4v) is 3.71. The minimum Gasteiger partial charge on any atom is -0.398 e. The van der Waals surface area contributed by atoms with E-state index >= 15 is 0 Å². The molecule has 2 N–H and O–H groups in total. The summed E-state index contributed by atoms with van der Waals surface area (Å²) in [7, 11) is 0. The summed E-state index contributed by atoms with van der Waals surface area (Å²) in [4.78, 5) is 2.40. The number of hydrogen-bond donors (Lipinski definition) is 1. The highest BCUT2D eigenvalue weighted by Gasteiger charge is 2.23. The van der Waals surface area contributed by atoms with Crippen LogP contribution in [0.15, 0.2) is 40.9 Å². The highest BCUT2D eigenvalue weighted by Crippen LogP contribution is 2.33. The molecule has 110 valence electrons. The summed E-state index contributed by atoms with van der Waals surface area (Å²) in [5.74, 6) is -0.213. The maximum absolute atomic E-state index is 13.2. The lowest BCUT2D eigenvalue weighted by atomic mass is 9.95. The van der Waals surface area contributed by atoms with Crippen LogP contribution in [0, 0.1) is 5.82 Å². The first-order valence-corrected chi connectivity index (χ1v) is 7.91. The van der Waals surface area contributed by atoms with E-state index in [2.05, 4.69) is 33.8 Å². The Labute approximate surface area is 132 Å². The van der Waals surface area contributed by atoms with Crippen molar-refractivity contribution < 1.29 is 4.39 Å². The summed E-state index contributed by atoms with van der Waals surface area (Å²) >= 11 is 3.47. The first-order chi connectivity index (χ1) is 10.1. The Morgan fingerprint density at radius 3 is 2.86 bits per heavy atom. The Kier molecular flexibility index (Phi) is 4.00. The predicted octanol–water partition coefficient (Wildman–Crippen LogP) is 4.29. The first kappa shape index (κ1) is 14.5. The van der Waals surface area contributed by atoms with Gasteiger partial charge < -0.3 is 5.73 Å². The van der Waals surface area contributed by atoms with E-state index in [9.17, 15) is 4.39 Å². The zero-order valence-corrected chi connectivity index (χ0v) is 13.5. The summed E-state index contributed by atoms with van der Waals surface area (Å²) < 4.78 is 14.1. The molecular weight excluding hydrogens is 331 g/mol. The van der Waals surface area contributed by atoms with Gasteiger partial charge in [-0.3, -0.25) is 4.90 Å². The van der Waals surface area contributed by atoms with Crippen molar-refractivity contribution in [3.8, 4) is 0 Å². The van der Waals surface area contributed by atoms with Crippen molar-refractivity contribution in [3.05, 3.63) is 63.4 Å². The van der Waals surface area contributed by atoms with Crippen molar-refractivity contribution in [2.45, 2.75) is 25.9 Å². The molecule has 0 aliphatic carbocycles. The zero-order chi connectivity index (χ0) is 15.0. The lowest BCUT2D eigenvalue weighted by Gasteiger charge is -2.34. The normalized spacial score (nSPS) is 16.5. The van der Waals surface area contributed by atoms with Crippen LogP contribution in [-0.4, -0.2) is 11.4 Å². The second-order valence-electron chi connectivity index (χ2n) is 5.55. The molecular formula is C17H18BrFN2. The Morgan fingerprint density at radius 1 is 1.29 bits per heavy atom. The molecule has 1 atom stereocenters. The zero-order valence-electron chi connectivity index (χ0n) is 11.9. The number of anilines is 1. The summed E-state index contributed by atoms with van der Waals surface area (Å²) in [5.41, 5.74) is 10.6. The molecule has 1 aliphatic rings. The minimum atomic E-state index is -0.213. The maximum Gasteiger partial charge on any atom is 0.124 e. The summed E-state index contributed by atoms with van der Waals surface area (Å²) in [6.07, 6.45) is 0.963. The highest BCUT2D eigenvalue weighted by molar-refractivity contribution is 9.10. The van der Waals surface area contributed by atoms with Gasteiger partial charge in [-0.25, -0.2) is 4.39 Å². The molecule has 4 heteroatoms. The van der Waals surface area contributed by atoms with Gasteiger partial charge in [0.25, 0.3) is 0 Å². The highest BCUT2D eigenvalue weighted by atomic mass is 79.9. The Morgan fingerprint density at radius 2 is 2.10 bits per heavy atom. The molecule has 0 fully saturated rings. The van der Waals surface area contributed by atoms with Crippen molar-refractivity contribution in [3.63, 3.8) is 0 Å². The fourth-order valence-electron chi connectivity index (χ4n) is 3.03. The van der Waals surface area contributed by atoms with Crippen molar-refractivity contribution in [2.24, 2.45) is 0 Å². The van der Waals surface area contributed by atoms with E-state index in [1.807, 2.05) is 18.2 Å². The van der Waals surface area contributed by atoms with Crippen LogP contribution in [0.25, 0.3) is 0 Å². The fraction of sp³-hybridized carbons (Fsp3) is 0.294. The van der Waals surface area contributed by atoms with Crippen LogP contribution in [0.2, 0.25) is 0 Å². The van der Waals surface area contributed by atoms with Crippen LogP contribution < -0.4 is 5.73 Å². The molecule has 0 aromatic heterocycles. The third kappa shape index (κ3) is 2.83. The lowest BCUT2D eigenvalue weighted by molar-refractivity contribution is 0.192. The molecule has 1 heterocycles. The smallest absolute Gasteiger partial charge is 0.124 e. The van der Waals surface area contributed by atoms with Crippen LogP contribution in [0.5, 0.6) is 0 Å². The molecule has 0 saturated carbocycles. The standard InChI is InChI=1S/C17H18BrFN2/c1-11(14-6-5-13(19)9-16(14)18)21-8-7-15-12(10-21)3-2-4-17(15)20/h2-6,9,11H,7-8,10,20H2,1H3. The predicted molar refractivity (Wildman–Crippen MR) is 87.5 cm³/mol. The van der Waals surface area contributed by atoms with E-state index < -0.39 is 0 Å². The van der Waals surface area contributed by atoms with Gasteiger partial charge in [-0.05, 0) is 48.2 Å². The molecule has 21 heavy (non-hydrogen) atoms. The van der Waals surface area contributed by atoms with Crippen LogP contribution in [0.3, 0.4) is 0 Å². The van der Waals surface area contributed by atoms with Gasteiger partial charge in [0.15, 0.2) is 0 Å². The van der Waals surface area contributed by atoms with Crippen LogP contribution in [-0.2, 0) is 13.0 Å². The van der Waals surface area contributed by atoms with Gasteiger partial charge in [-0.2, -0.15) is 0 Å². The molecule has 0 bridgehead atoms. The monoisotopic (exact) mass is 348 g/mol. The third-order valence-electron chi connectivity index (χ3n) is 4.29. The number of nitrogen functional groups attached to an aromatic ring is 1. The van der Waals surface area contributed by atoms with E-state index in [0.29, 0.717) is 0 Å². The number of rotatable bonds is 2. The molecule has 2 aromatic carbocycles. The van der Waals surface area contributed by atoms with Gasteiger partial charge in [0, 0.05) is 29.3 Å². The maximum atomic E-state index is 13.2. The molecule has 0 amide bonds. The molecule has 2 nitrogen and oxygen atoms in total. The molecule has 2 aromatic rings. The van der Waals surface area contributed by atoms with Crippen molar-refractivity contribution in [2.75, 3.05) is 12.3 Å². The van der Waals surface area contributed by atoms with Gasteiger partial charge in [0.05, 0.1) is 0 Å². The summed E-state index contributed by atoms with van der Waals surface area (Å²) in [6, 6.07) is 11.3. The van der Waals surface area contributed by atoms with E-state index in [-0.39, 0.29) is 11.9 Å². The second kappa shape index (κ2) is 5.78. The molecule has 1 unspecified atom stereocenters. The largest absolute Gasteiger partial charge is 0.398 e. The number of hydrogen-bond acceptors (Lipinski definition) is 2. The molecule has 0 saturated heterocycles. The third-order valence-corrected chi connectivity index (χ3v) is 4.98. The van der Waals surface area contributed by atoms with E-state index in [1.54, 1.807) is 0 Å². The number of nitrogens with two attached hydrogens (primary N) is 1. The van der Waals surface area contributed by atoms with E-state index in [4.69, 9.17) is 5.73 Å². The average Bonchev–Trinajstić information content (AvgIpc) is 2.46. The molecule has 0 radical (unpaired) electrons. The number of benzene rings is 2. The van der Waals surface area contributed by atoms with Gasteiger partial charge in [0.2, 0.25) is 0 Å². The van der Waals surface area contributed by atoms with Crippen LogP contribution >= 0.6 is 15.9 Å². The van der Waals surface area contributed by atoms with Gasteiger partial charge in [-0.15, -0.1) is 0 Å². The Hall–Kier alpha value is -1.39. The lowest BCUT2D eigenvalue weighted by Crippen LogP contribution is -2.33. The van der Waals surface area contributed by atoms with Crippen LogP contribution in [0.4, 0.5) is 10.1 Å². The first-order valence-electron chi connectivity index (χ1n) is 7.11. The molecule has 3 rings (SSSR count). The number of nitrogens with zero attached hydrogens (tertiary/aromatic N) is 1. The Balaban J connectivity index is 1.85. The molecule has 1 aliphatic heterocycles. The number of halogens is 2. The topological polar surface area (TPSA) is 29.3 Å². The quantitative estimate of drug-likeness (QED) is 0.820.